The van der Waals surface area contributed by atoms with Gasteiger partial charge in [0.2, 0.25) is 0 Å². The summed E-state index contributed by atoms with van der Waals surface area (Å²) < 4.78 is 5.51. The highest BCUT2D eigenvalue weighted by molar-refractivity contribution is 14.0. The van der Waals surface area contributed by atoms with Gasteiger partial charge in [-0.25, -0.2) is 0 Å². The van der Waals surface area contributed by atoms with Crippen LogP contribution in [0, 0.1) is 5.92 Å². The normalized spacial score (nSPS) is 24.2. The van der Waals surface area contributed by atoms with Crippen molar-refractivity contribution >= 4 is 29.9 Å². The van der Waals surface area contributed by atoms with Gasteiger partial charge in [0.15, 0.2) is 5.96 Å². The molecule has 27 heavy (non-hydrogen) atoms. The molecule has 0 radical (unpaired) electrons. The molecule has 3 unspecified atom stereocenters. The SMILES string of the molecule is CCNC(=NCC(C(C)C)N1CCOCC1)NC1CC1c1ccccc1.I. The van der Waals surface area contributed by atoms with E-state index in [2.05, 4.69) is 66.6 Å². The molecule has 1 aromatic rings. The minimum absolute atomic E-state index is 0. The fourth-order valence-corrected chi connectivity index (χ4v) is 3.76. The molecule has 1 heterocycles. The summed E-state index contributed by atoms with van der Waals surface area (Å²) in [5.74, 6) is 2.15. The summed E-state index contributed by atoms with van der Waals surface area (Å²) in [4.78, 5) is 7.46. The third kappa shape index (κ3) is 6.61. The zero-order chi connectivity index (χ0) is 18.4. The summed E-state index contributed by atoms with van der Waals surface area (Å²) in [6, 6.07) is 11.7. The largest absolute Gasteiger partial charge is 0.379 e. The smallest absolute Gasteiger partial charge is 0.191 e. The van der Waals surface area contributed by atoms with E-state index in [1.165, 1.54) is 12.0 Å². The summed E-state index contributed by atoms with van der Waals surface area (Å²) in [6.45, 7) is 12.1. The molecule has 0 bridgehead atoms. The first-order valence-corrected chi connectivity index (χ1v) is 10.1. The second kappa shape index (κ2) is 11.2. The van der Waals surface area contributed by atoms with Gasteiger partial charge in [-0.1, -0.05) is 44.2 Å². The fraction of sp³-hybridized carbons (Fsp3) is 0.667. The van der Waals surface area contributed by atoms with Gasteiger partial charge in [-0.3, -0.25) is 9.89 Å². The summed E-state index contributed by atoms with van der Waals surface area (Å²) in [6.07, 6.45) is 1.19. The van der Waals surface area contributed by atoms with Crippen LogP contribution in [-0.2, 0) is 4.74 Å². The summed E-state index contributed by atoms with van der Waals surface area (Å²) in [5.41, 5.74) is 1.43. The number of ether oxygens (including phenoxy) is 1. The molecule has 1 aromatic carbocycles. The number of morpholine rings is 1. The lowest BCUT2D eigenvalue weighted by Gasteiger charge is -2.36. The molecule has 0 aromatic heterocycles. The first-order valence-electron chi connectivity index (χ1n) is 10.1. The Morgan fingerprint density at radius 3 is 2.56 bits per heavy atom. The number of halogens is 1. The maximum absolute atomic E-state index is 5.51. The van der Waals surface area contributed by atoms with Gasteiger partial charge in [-0.05, 0) is 24.8 Å². The van der Waals surface area contributed by atoms with Crippen molar-refractivity contribution in [1.29, 1.82) is 0 Å². The monoisotopic (exact) mass is 486 g/mol. The zero-order valence-electron chi connectivity index (χ0n) is 16.9. The molecule has 2 fully saturated rings. The average molecular weight is 486 g/mol. The third-order valence-corrected chi connectivity index (χ3v) is 5.41. The Hall–Kier alpha value is -0.860. The number of aliphatic imine (C=N–C) groups is 1. The van der Waals surface area contributed by atoms with Crippen LogP contribution in [0.15, 0.2) is 35.3 Å². The second-order valence-electron chi connectivity index (χ2n) is 7.68. The van der Waals surface area contributed by atoms with E-state index in [0.717, 1.165) is 45.4 Å². The first kappa shape index (κ1) is 22.4. The number of hydrogen-bond donors (Lipinski definition) is 2. The Morgan fingerprint density at radius 1 is 1.22 bits per heavy atom. The van der Waals surface area contributed by atoms with Crippen molar-refractivity contribution < 1.29 is 4.74 Å². The summed E-state index contributed by atoms with van der Waals surface area (Å²) >= 11 is 0. The standard InChI is InChI=1S/C21H34N4O.HI/c1-4-22-21(24-19-14-18(19)17-8-6-5-7-9-17)23-15-20(16(2)3)25-10-12-26-13-11-25;/h5-9,16,18-20H,4,10-15H2,1-3H3,(H2,22,23,24);1H. The highest BCUT2D eigenvalue weighted by Gasteiger charge is 2.38. The minimum atomic E-state index is 0. The Bertz CT molecular complexity index is 575. The van der Waals surface area contributed by atoms with Crippen LogP contribution in [0.4, 0.5) is 0 Å². The Labute approximate surface area is 181 Å². The van der Waals surface area contributed by atoms with Gasteiger partial charge in [0.1, 0.15) is 0 Å². The van der Waals surface area contributed by atoms with Crippen LogP contribution < -0.4 is 10.6 Å². The van der Waals surface area contributed by atoms with Gasteiger partial charge in [-0.15, -0.1) is 24.0 Å². The van der Waals surface area contributed by atoms with Crippen molar-refractivity contribution in [3.63, 3.8) is 0 Å². The van der Waals surface area contributed by atoms with Crippen molar-refractivity contribution in [3.8, 4) is 0 Å². The predicted molar refractivity (Wildman–Crippen MR) is 123 cm³/mol. The molecular weight excluding hydrogens is 451 g/mol. The molecule has 3 atom stereocenters. The number of nitrogens with one attached hydrogen (secondary N) is 2. The lowest BCUT2D eigenvalue weighted by Crippen LogP contribution is -2.48. The van der Waals surface area contributed by atoms with Crippen molar-refractivity contribution in [2.75, 3.05) is 39.4 Å². The van der Waals surface area contributed by atoms with Crippen LogP contribution in [0.5, 0.6) is 0 Å². The van der Waals surface area contributed by atoms with E-state index in [-0.39, 0.29) is 24.0 Å². The number of benzene rings is 1. The van der Waals surface area contributed by atoms with Gasteiger partial charge < -0.3 is 15.4 Å². The molecule has 0 spiro atoms. The Kier molecular flexibility index (Phi) is 9.32. The van der Waals surface area contributed by atoms with Gasteiger partial charge >= 0.3 is 0 Å². The molecule has 3 rings (SSSR count). The van der Waals surface area contributed by atoms with Crippen molar-refractivity contribution in [3.05, 3.63) is 35.9 Å². The second-order valence-corrected chi connectivity index (χ2v) is 7.68. The highest BCUT2D eigenvalue weighted by atomic mass is 127. The van der Waals surface area contributed by atoms with Crippen molar-refractivity contribution in [1.82, 2.24) is 15.5 Å². The molecule has 1 aliphatic carbocycles. The maximum Gasteiger partial charge on any atom is 0.191 e. The molecular formula is C21H35IN4O. The zero-order valence-corrected chi connectivity index (χ0v) is 19.2. The van der Waals surface area contributed by atoms with E-state index in [0.29, 0.717) is 23.9 Å². The topological polar surface area (TPSA) is 48.9 Å². The molecule has 5 nitrogen and oxygen atoms in total. The molecule has 2 N–H and O–H groups in total. The summed E-state index contributed by atoms with van der Waals surface area (Å²) in [5, 5.41) is 7.05. The van der Waals surface area contributed by atoms with Gasteiger partial charge in [0.25, 0.3) is 0 Å². The van der Waals surface area contributed by atoms with Gasteiger partial charge in [-0.2, -0.15) is 0 Å². The van der Waals surface area contributed by atoms with E-state index in [9.17, 15) is 0 Å². The number of nitrogens with zero attached hydrogens (tertiary/aromatic N) is 2. The number of rotatable bonds is 7. The molecule has 1 aliphatic heterocycles. The van der Waals surface area contributed by atoms with E-state index in [1.807, 2.05) is 0 Å². The lowest BCUT2D eigenvalue weighted by molar-refractivity contribution is 0.00867. The van der Waals surface area contributed by atoms with E-state index in [1.54, 1.807) is 0 Å². The van der Waals surface area contributed by atoms with Crippen LogP contribution in [-0.4, -0.2) is 62.3 Å². The minimum Gasteiger partial charge on any atom is -0.379 e. The molecule has 6 heteroatoms. The Morgan fingerprint density at radius 2 is 1.93 bits per heavy atom. The van der Waals surface area contributed by atoms with Crippen LogP contribution in [0.25, 0.3) is 0 Å². The van der Waals surface area contributed by atoms with Crippen LogP contribution in [0.2, 0.25) is 0 Å². The number of hydrogen-bond acceptors (Lipinski definition) is 3. The van der Waals surface area contributed by atoms with E-state index < -0.39 is 0 Å². The lowest BCUT2D eigenvalue weighted by atomic mass is 10.0. The van der Waals surface area contributed by atoms with Crippen LogP contribution >= 0.6 is 24.0 Å². The maximum atomic E-state index is 5.51. The summed E-state index contributed by atoms with van der Waals surface area (Å²) in [7, 11) is 0. The van der Waals surface area contributed by atoms with E-state index in [4.69, 9.17) is 9.73 Å². The first-order chi connectivity index (χ1) is 12.7. The molecule has 1 saturated carbocycles. The molecule has 1 saturated heterocycles. The number of guanidine groups is 1. The van der Waals surface area contributed by atoms with Gasteiger partial charge in [0, 0.05) is 37.6 Å². The van der Waals surface area contributed by atoms with Gasteiger partial charge in [0.05, 0.1) is 19.8 Å². The average Bonchev–Trinajstić information content (AvgIpc) is 3.42. The fourth-order valence-electron chi connectivity index (χ4n) is 3.76. The van der Waals surface area contributed by atoms with Crippen molar-refractivity contribution in [2.24, 2.45) is 10.9 Å². The van der Waals surface area contributed by atoms with E-state index >= 15 is 0 Å². The predicted octanol–water partition coefficient (Wildman–Crippen LogP) is 3.07. The van der Waals surface area contributed by atoms with Crippen molar-refractivity contribution in [2.45, 2.75) is 45.2 Å². The molecule has 0 amide bonds. The third-order valence-electron chi connectivity index (χ3n) is 5.41. The van der Waals surface area contributed by atoms with Crippen LogP contribution in [0.3, 0.4) is 0 Å². The van der Waals surface area contributed by atoms with Crippen LogP contribution in [0.1, 0.15) is 38.7 Å². The quantitative estimate of drug-likeness (QED) is 0.354. The highest BCUT2D eigenvalue weighted by Crippen LogP contribution is 2.40. The molecule has 152 valence electrons. The molecule has 2 aliphatic rings. The Balaban J connectivity index is 0.00000261.